The van der Waals surface area contributed by atoms with E-state index in [0.29, 0.717) is 0 Å². The number of halogens is 1. The Morgan fingerprint density at radius 1 is 1.05 bits per heavy atom. The molecule has 1 nitrogen and oxygen atoms in total. The highest BCUT2D eigenvalue weighted by Gasteiger charge is 2.48. The SMILES string of the molecule is NC(Cc1cccc(Br)c1)C1(c2ccccc2)CC1. The van der Waals surface area contributed by atoms with E-state index in [1.165, 1.54) is 24.0 Å². The van der Waals surface area contributed by atoms with Crippen molar-refractivity contribution in [2.75, 3.05) is 0 Å². The fourth-order valence-electron chi connectivity index (χ4n) is 2.89. The maximum Gasteiger partial charge on any atom is 0.0178 e. The molecule has 1 atom stereocenters. The van der Waals surface area contributed by atoms with Crippen molar-refractivity contribution in [3.63, 3.8) is 0 Å². The molecule has 1 fully saturated rings. The van der Waals surface area contributed by atoms with Crippen LogP contribution in [0, 0.1) is 0 Å². The van der Waals surface area contributed by atoms with Gasteiger partial charge in [-0.2, -0.15) is 0 Å². The van der Waals surface area contributed by atoms with Crippen LogP contribution in [0.15, 0.2) is 59.1 Å². The molecule has 1 aliphatic carbocycles. The largest absolute Gasteiger partial charge is 0.327 e. The lowest BCUT2D eigenvalue weighted by atomic mass is 9.85. The van der Waals surface area contributed by atoms with Gasteiger partial charge in [-0.25, -0.2) is 0 Å². The van der Waals surface area contributed by atoms with E-state index in [4.69, 9.17) is 5.73 Å². The molecule has 19 heavy (non-hydrogen) atoms. The zero-order chi connectivity index (χ0) is 13.3. The van der Waals surface area contributed by atoms with Gasteiger partial charge in [-0.3, -0.25) is 0 Å². The molecule has 1 unspecified atom stereocenters. The van der Waals surface area contributed by atoms with E-state index >= 15 is 0 Å². The minimum Gasteiger partial charge on any atom is -0.327 e. The Bertz CT molecular complexity index is 560. The number of hydrogen-bond donors (Lipinski definition) is 1. The molecule has 0 aliphatic heterocycles. The molecule has 0 radical (unpaired) electrons. The van der Waals surface area contributed by atoms with Gasteiger partial charge >= 0.3 is 0 Å². The van der Waals surface area contributed by atoms with E-state index in [-0.39, 0.29) is 11.5 Å². The van der Waals surface area contributed by atoms with E-state index in [0.717, 1.165) is 10.9 Å². The van der Waals surface area contributed by atoms with Crippen molar-refractivity contribution in [3.8, 4) is 0 Å². The molecule has 2 aromatic carbocycles. The van der Waals surface area contributed by atoms with Gasteiger partial charge in [0.25, 0.3) is 0 Å². The van der Waals surface area contributed by atoms with Gasteiger partial charge in [0.05, 0.1) is 0 Å². The van der Waals surface area contributed by atoms with Gasteiger partial charge in [-0.15, -0.1) is 0 Å². The molecule has 0 saturated heterocycles. The first kappa shape index (κ1) is 12.9. The predicted octanol–water partition coefficient (Wildman–Crippen LogP) is 4.05. The van der Waals surface area contributed by atoms with Gasteiger partial charge in [0.1, 0.15) is 0 Å². The van der Waals surface area contributed by atoms with Gasteiger partial charge in [0.2, 0.25) is 0 Å². The Labute approximate surface area is 123 Å². The molecule has 0 bridgehead atoms. The summed E-state index contributed by atoms with van der Waals surface area (Å²) in [6.45, 7) is 0. The lowest BCUT2D eigenvalue weighted by Crippen LogP contribution is -2.36. The summed E-state index contributed by atoms with van der Waals surface area (Å²) in [4.78, 5) is 0. The third-order valence-electron chi connectivity index (χ3n) is 4.19. The summed E-state index contributed by atoms with van der Waals surface area (Å²) >= 11 is 3.52. The molecule has 2 N–H and O–H groups in total. The first-order valence-corrected chi connectivity index (χ1v) is 7.55. The quantitative estimate of drug-likeness (QED) is 0.905. The van der Waals surface area contributed by atoms with Crippen LogP contribution in [0.2, 0.25) is 0 Å². The number of rotatable bonds is 4. The molecular weight excluding hydrogens is 298 g/mol. The zero-order valence-electron chi connectivity index (χ0n) is 10.9. The molecule has 2 heteroatoms. The minimum atomic E-state index is 0.198. The molecule has 0 spiro atoms. The first-order valence-electron chi connectivity index (χ1n) is 6.76. The average molecular weight is 316 g/mol. The van der Waals surface area contributed by atoms with Gasteiger partial charge in [0.15, 0.2) is 0 Å². The van der Waals surface area contributed by atoms with Gasteiger partial charge in [-0.1, -0.05) is 58.4 Å². The lowest BCUT2D eigenvalue weighted by Gasteiger charge is -2.24. The number of nitrogens with two attached hydrogens (primary N) is 1. The third-order valence-corrected chi connectivity index (χ3v) is 4.69. The molecular formula is C17H18BrN. The Morgan fingerprint density at radius 3 is 2.42 bits per heavy atom. The lowest BCUT2D eigenvalue weighted by molar-refractivity contribution is 0.514. The summed E-state index contributed by atoms with van der Waals surface area (Å²) < 4.78 is 1.13. The Balaban J connectivity index is 1.79. The van der Waals surface area contributed by atoms with Crippen molar-refractivity contribution in [1.29, 1.82) is 0 Å². The van der Waals surface area contributed by atoms with Crippen molar-refractivity contribution >= 4 is 15.9 Å². The van der Waals surface area contributed by atoms with Crippen molar-refractivity contribution < 1.29 is 0 Å². The van der Waals surface area contributed by atoms with Crippen molar-refractivity contribution in [2.45, 2.75) is 30.7 Å². The molecule has 2 aromatic rings. The molecule has 3 rings (SSSR count). The third kappa shape index (κ3) is 2.60. The second kappa shape index (κ2) is 5.10. The summed E-state index contributed by atoms with van der Waals surface area (Å²) in [6.07, 6.45) is 3.37. The van der Waals surface area contributed by atoms with Crippen molar-refractivity contribution in [2.24, 2.45) is 5.73 Å². The predicted molar refractivity (Wildman–Crippen MR) is 83.2 cm³/mol. The maximum absolute atomic E-state index is 6.51. The minimum absolute atomic E-state index is 0.198. The van der Waals surface area contributed by atoms with Crippen LogP contribution >= 0.6 is 15.9 Å². The smallest absolute Gasteiger partial charge is 0.0178 e. The van der Waals surface area contributed by atoms with Crippen LogP contribution in [0.3, 0.4) is 0 Å². The second-order valence-electron chi connectivity index (χ2n) is 5.46. The zero-order valence-corrected chi connectivity index (χ0v) is 12.4. The van der Waals surface area contributed by atoms with Crippen LogP contribution in [0.4, 0.5) is 0 Å². The molecule has 1 aliphatic rings. The Kier molecular flexibility index (Phi) is 3.46. The van der Waals surface area contributed by atoms with Crippen LogP contribution in [-0.4, -0.2) is 6.04 Å². The van der Waals surface area contributed by atoms with Crippen molar-refractivity contribution in [3.05, 3.63) is 70.2 Å². The summed E-state index contributed by atoms with van der Waals surface area (Å²) in [7, 11) is 0. The van der Waals surface area contributed by atoms with Crippen LogP contribution < -0.4 is 5.73 Å². The highest BCUT2D eigenvalue weighted by atomic mass is 79.9. The van der Waals surface area contributed by atoms with Gasteiger partial charge in [-0.05, 0) is 42.5 Å². The summed E-state index contributed by atoms with van der Waals surface area (Å²) in [5, 5.41) is 0. The van der Waals surface area contributed by atoms with E-state index in [9.17, 15) is 0 Å². The summed E-state index contributed by atoms with van der Waals surface area (Å²) in [5.41, 5.74) is 9.43. The van der Waals surface area contributed by atoms with Crippen LogP contribution in [0.5, 0.6) is 0 Å². The molecule has 0 amide bonds. The fourth-order valence-corrected chi connectivity index (χ4v) is 3.34. The maximum atomic E-state index is 6.51. The normalized spacial score (nSPS) is 18.0. The number of hydrogen-bond acceptors (Lipinski definition) is 1. The van der Waals surface area contributed by atoms with Crippen LogP contribution in [0.25, 0.3) is 0 Å². The molecule has 98 valence electrons. The van der Waals surface area contributed by atoms with E-state index in [2.05, 4.69) is 70.5 Å². The highest BCUT2D eigenvalue weighted by Crippen LogP contribution is 2.50. The fraction of sp³-hybridized carbons (Fsp3) is 0.294. The first-order chi connectivity index (χ1) is 9.21. The van der Waals surface area contributed by atoms with E-state index < -0.39 is 0 Å². The highest BCUT2D eigenvalue weighted by molar-refractivity contribution is 9.10. The average Bonchev–Trinajstić information content (AvgIpc) is 3.21. The second-order valence-corrected chi connectivity index (χ2v) is 6.38. The molecule has 1 saturated carbocycles. The summed E-state index contributed by atoms with van der Waals surface area (Å²) in [5.74, 6) is 0. The topological polar surface area (TPSA) is 26.0 Å². The van der Waals surface area contributed by atoms with E-state index in [1.54, 1.807) is 0 Å². The number of benzene rings is 2. The monoisotopic (exact) mass is 315 g/mol. The van der Waals surface area contributed by atoms with Gasteiger partial charge in [0, 0.05) is 15.9 Å². The van der Waals surface area contributed by atoms with Gasteiger partial charge < -0.3 is 5.73 Å². The van der Waals surface area contributed by atoms with Crippen LogP contribution in [-0.2, 0) is 11.8 Å². The molecule has 0 heterocycles. The standard InChI is InChI=1S/C17H18BrN/c18-15-8-4-5-13(11-15)12-16(19)17(9-10-17)14-6-2-1-3-7-14/h1-8,11,16H,9-10,12,19H2. The van der Waals surface area contributed by atoms with Crippen molar-refractivity contribution in [1.82, 2.24) is 0 Å². The molecule has 0 aromatic heterocycles. The Morgan fingerprint density at radius 2 is 1.79 bits per heavy atom. The van der Waals surface area contributed by atoms with Crippen LogP contribution in [0.1, 0.15) is 24.0 Å². The van der Waals surface area contributed by atoms with E-state index in [1.807, 2.05) is 0 Å². The summed E-state index contributed by atoms with van der Waals surface area (Å²) in [6, 6.07) is 19.4. The Hall–Kier alpha value is -1.12.